The van der Waals surface area contributed by atoms with Gasteiger partial charge in [0.25, 0.3) is 5.91 Å². The Morgan fingerprint density at radius 2 is 1.47 bits per heavy atom. The highest BCUT2D eigenvalue weighted by atomic mass is 32.2. The summed E-state index contributed by atoms with van der Waals surface area (Å²) in [4.78, 5) is 12.2. The monoisotopic (exact) mass is 483 g/mol. The van der Waals surface area contributed by atoms with Gasteiger partial charge in [-0.1, -0.05) is 24.6 Å². The van der Waals surface area contributed by atoms with Crippen LogP contribution >= 0.6 is 0 Å². The standard InChI is InChI=1S/C21H29N3O6S2/c1-4-17(3)24-32(28,29)20-11-7-18(8-12-20)30-15-21(25)22-13-14-23-31(26,27)19-9-5-16(2)6-10-19/h5-12,17,23-24H,4,13-15H2,1-3H3,(H,22,25)/t17-/m1/s1. The Labute approximate surface area is 189 Å². The lowest BCUT2D eigenvalue weighted by Gasteiger charge is -2.12. The second-order valence-electron chi connectivity index (χ2n) is 7.25. The quantitative estimate of drug-likeness (QED) is 0.393. The normalized spacial score (nSPS) is 12.8. The van der Waals surface area contributed by atoms with Crippen LogP contribution in [0.5, 0.6) is 5.75 Å². The van der Waals surface area contributed by atoms with Gasteiger partial charge < -0.3 is 10.1 Å². The molecule has 11 heteroatoms. The van der Waals surface area contributed by atoms with Gasteiger partial charge in [-0.25, -0.2) is 26.3 Å². The minimum absolute atomic E-state index is 0.0255. The fourth-order valence-electron chi connectivity index (χ4n) is 2.52. The average Bonchev–Trinajstić information content (AvgIpc) is 2.75. The van der Waals surface area contributed by atoms with Crippen LogP contribution in [0.2, 0.25) is 0 Å². The third kappa shape index (κ3) is 7.90. The highest BCUT2D eigenvalue weighted by Crippen LogP contribution is 2.16. The number of benzene rings is 2. The number of aryl methyl sites for hydroxylation is 1. The van der Waals surface area contributed by atoms with Crippen molar-refractivity contribution in [3.05, 3.63) is 54.1 Å². The van der Waals surface area contributed by atoms with Gasteiger partial charge in [-0.2, -0.15) is 0 Å². The molecule has 9 nitrogen and oxygen atoms in total. The summed E-state index contributed by atoms with van der Waals surface area (Å²) in [5, 5.41) is 2.55. The molecule has 1 amide bonds. The SMILES string of the molecule is CC[C@@H](C)NS(=O)(=O)c1ccc(OCC(=O)NCCNS(=O)(=O)c2ccc(C)cc2)cc1. The Balaban J connectivity index is 1.75. The first-order chi connectivity index (χ1) is 15.0. The molecule has 176 valence electrons. The summed E-state index contributed by atoms with van der Waals surface area (Å²) in [7, 11) is -7.25. The lowest BCUT2D eigenvalue weighted by molar-refractivity contribution is -0.123. The van der Waals surface area contributed by atoms with E-state index in [2.05, 4.69) is 14.8 Å². The zero-order chi connectivity index (χ0) is 23.8. The largest absolute Gasteiger partial charge is 0.484 e. The highest BCUT2D eigenvalue weighted by Gasteiger charge is 2.16. The van der Waals surface area contributed by atoms with Crippen LogP contribution < -0.4 is 19.5 Å². The molecule has 0 unspecified atom stereocenters. The fourth-order valence-corrected chi connectivity index (χ4v) is 4.88. The van der Waals surface area contributed by atoms with E-state index in [1.807, 2.05) is 13.8 Å². The molecule has 0 radical (unpaired) electrons. The molecule has 0 saturated heterocycles. The molecule has 0 saturated carbocycles. The van der Waals surface area contributed by atoms with Crippen molar-refractivity contribution >= 4 is 26.0 Å². The zero-order valence-electron chi connectivity index (χ0n) is 18.3. The second kappa shape index (κ2) is 11.4. The summed E-state index contributed by atoms with van der Waals surface area (Å²) in [6.45, 7) is 5.35. The lowest BCUT2D eigenvalue weighted by atomic mass is 10.2. The van der Waals surface area contributed by atoms with Gasteiger partial charge in [0.05, 0.1) is 9.79 Å². The van der Waals surface area contributed by atoms with Crippen LogP contribution in [-0.4, -0.2) is 48.5 Å². The molecular formula is C21H29N3O6S2. The van der Waals surface area contributed by atoms with Crippen LogP contribution in [0.3, 0.4) is 0 Å². The number of hydrogen-bond donors (Lipinski definition) is 3. The summed E-state index contributed by atoms with van der Waals surface area (Å²) in [5.41, 5.74) is 0.954. The molecule has 0 aliphatic rings. The molecule has 0 aromatic heterocycles. The van der Waals surface area contributed by atoms with E-state index in [9.17, 15) is 21.6 Å². The predicted molar refractivity (Wildman–Crippen MR) is 121 cm³/mol. The van der Waals surface area contributed by atoms with Crippen molar-refractivity contribution in [2.45, 2.75) is 43.0 Å². The molecular weight excluding hydrogens is 454 g/mol. The number of ether oxygens (including phenoxy) is 1. The van der Waals surface area contributed by atoms with Crippen LogP contribution in [0, 0.1) is 6.92 Å². The second-order valence-corrected chi connectivity index (χ2v) is 10.7. The van der Waals surface area contributed by atoms with E-state index in [4.69, 9.17) is 4.74 Å². The van der Waals surface area contributed by atoms with Crippen molar-refractivity contribution in [1.82, 2.24) is 14.8 Å². The van der Waals surface area contributed by atoms with E-state index >= 15 is 0 Å². The average molecular weight is 484 g/mol. The summed E-state index contributed by atoms with van der Waals surface area (Å²) in [6, 6.07) is 12.0. The third-order valence-electron chi connectivity index (χ3n) is 4.54. The number of amides is 1. The van der Waals surface area contributed by atoms with E-state index in [0.717, 1.165) is 5.56 Å². The Kier molecular flexibility index (Phi) is 9.20. The fraction of sp³-hybridized carbons (Fsp3) is 0.381. The first kappa shape index (κ1) is 25.8. The van der Waals surface area contributed by atoms with Gasteiger partial charge in [-0.3, -0.25) is 4.79 Å². The topological polar surface area (TPSA) is 131 Å². The van der Waals surface area contributed by atoms with Gasteiger partial charge in [0, 0.05) is 19.1 Å². The van der Waals surface area contributed by atoms with E-state index in [0.29, 0.717) is 12.2 Å². The molecule has 0 aliphatic heterocycles. The van der Waals surface area contributed by atoms with Crippen molar-refractivity contribution in [1.29, 1.82) is 0 Å². The first-order valence-corrected chi connectivity index (χ1v) is 13.1. The van der Waals surface area contributed by atoms with E-state index in [-0.39, 0.29) is 35.5 Å². The van der Waals surface area contributed by atoms with Crippen LogP contribution in [0.1, 0.15) is 25.8 Å². The zero-order valence-corrected chi connectivity index (χ0v) is 19.9. The van der Waals surface area contributed by atoms with E-state index < -0.39 is 26.0 Å². The molecule has 2 rings (SSSR count). The summed E-state index contributed by atoms with van der Waals surface area (Å²) >= 11 is 0. The van der Waals surface area contributed by atoms with Gasteiger partial charge >= 0.3 is 0 Å². The number of sulfonamides is 2. The minimum atomic E-state index is -3.64. The van der Waals surface area contributed by atoms with Crippen LogP contribution in [0.25, 0.3) is 0 Å². The Hall–Kier alpha value is -2.47. The van der Waals surface area contributed by atoms with Gasteiger partial charge in [-0.05, 0) is 56.7 Å². The maximum atomic E-state index is 12.2. The van der Waals surface area contributed by atoms with Gasteiger partial charge in [-0.15, -0.1) is 0 Å². The van der Waals surface area contributed by atoms with Gasteiger partial charge in [0.15, 0.2) is 6.61 Å². The number of rotatable bonds is 12. The van der Waals surface area contributed by atoms with Gasteiger partial charge in [0.2, 0.25) is 20.0 Å². The number of carbonyl (C=O) groups excluding carboxylic acids is 1. The van der Waals surface area contributed by atoms with E-state index in [1.165, 1.54) is 36.4 Å². The predicted octanol–water partition coefficient (Wildman–Crippen LogP) is 1.55. The molecule has 32 heavy (non-hydrogen) atoms. The van der Waals surface area contributed by atoms with Crippen molar-refractivity contribution in [2.75, 3.05) is 19.7 Å². The first-order valence-electron chi connectivity index (χ1n) is 10.1. The molecule has 1 atom stereocenters. The Morgan fingerprint density at radius 3 is 2.06 bits per heavy atom. The number of hydrogen-bond acceptors (Lipinski definition) is 6. The molecule has 2 aromatic carbocycles. The summed E-state index contributed by atoms with van der Waals surface area (Å²) in [5.74, 6) is -0.0996. The smallest absolute Gasteiger partial charge is 0.257 e. The Morgan fingerprint density at radius 1 is 0.906 bits per heavy atom. The molecule has 0 spiro atoms. The minimum Gasteiger partial charge on any atom is -0.484 e. The van der Waals surface area contributed by atoms with E-state index in [1.54, 1.807) is 19.1 Å². The molecule has 0 fully saturated rings. The third-order valence-corrected chi connectivity index (χ3v) is 7.63. The summed E-state index contributed by atoms with van der Waals surface area (Å²) in [6.07, 6.45) is 0.670. The van der Waals surface area contributed by atoms with Crippen molar-refractivity contribution in [3.8, 4) is 5.75 Å². The van der Waals surface area contributed by atoms with Crippen molar-refractivity contribution in [2.24, 2.45) is 0 Å². The van der Waals surface area contributed by atoms with Crippen molar-refractivity contribution < 1.29 is 26.4 Å². The van der Waals surface area contributed by atoms with Crippen molar-refractivity contribution in [3.63, 3.8) is 0 Å². The van der Waals surface area contributed by atoms with Crippen LogP contribution in [-0.2, 0) is 24.8 Å². The van der Waals surface area contributed by atoms with Crippen LogP contribution in [0.15, 0.2) is 58.3 Å². The highest BCUT2D eigenvalue weighted by molar-refractivity contribution is 7.89. The van der Waals surface area contributed by atoms with Crippen LogP contribution in [0.4, 0.5) is 0 Å². The Bertz CT molecular complexity index is 1100. The molecule has 0 heterocycles. The molecule has 3 N–H and O–H groups in total. The number of nitrogens with one attached hydrogen (secondary N) is 3. The molecule has 2 aromatic rings. The summed E-state index contributed by atoms with van der Waals surface area (Å²) < 4.78 is 59.2. The van der Waals surface area contributed by atoms with Gasteiger partial charge in [0.1, 0.15) is 5.75 Å². The lowest BCUT2D eigenvalue weighted by Crippen LogP contribution is -2.36. The molecule has 0 aliphatic carbocycles. The maximum absolute atomic E-state index is 12.2. The molecule has 0 bridgehead atoms. The number of carbonyl (C=O) groups is 1. The maximum Gasteiger partial charge on any atom is 0.257 e.